The van der Waals surface area contributed by atoms with Crippen LogP contribution in [0.5, 0.6) is 0 Å². The number of anilines is 1. The lowest BCUT2D eigenvalue weighted by Crippen LogP contribution is -2.34. The van der Waals surface area contributed by atoms with Crippen molar-refractivity contribution in [3.63, 3.8) is 0 Å². The zero-order chi connectivity index (χ0) is 13.5. The number of nitrogens with zero attached hydrogens (tertiary/aromatic N) is 3. The molecule has 0 radical (unpaired) electrons. The largest absolute Gasteiger partial charge is 0.355 e. The van der Waals surface area contributed by atoms with Crippen molar-refractivity contribution in [2.75, 3.05) is 18.0 Å². The van der Waals surface area contributed by atoms with E-state index in [2.05, 4.69) is 26.3 Å². The molecule has 6 heteroatoms. The number of thiophene rings is 1. The zero-order valence-electron chi connectivity index (χ0n) is 11.1. The molecule has 20 heavy (non-hydrogen) atoms. The van der Waals surface area contributed by atoms with Crippen LogP contribution in [0.2, 0.25) is 0 Å². The molecule has 104 valence electrons. The molecule has 1 saturated heterocycles. The highest BCUT2D eigenvalue weighted by Gasteiger charge is 2.33. The number of fused-ring (bicyclic) bond motifs is 1. The van der Waals surface area contributed by atoms with Gasteiger partial charge in [0, 0.05) is 19.1 Å². The second-order valence-corrected chi connectivity index (χ2v) is 6.45. The Morgan fingerprint density at radius 2 is 2.25 bits per heavy atom. The maximum absolute atomic E-state index is 12.1. The van der Waals surface area contributed by atoms with Crippen molar-refractivity contribution < 1.29 is 4.79 Å². The maximum atomic E-state index is 12.1. The summed E-state index contributed by atoms with van der Waals surface area (Å²) in [5.41, 5.74) is 0. The third-order valence-corrected chi connectivity index (χ3v) is 4.84. The Balaban J connectivity index is 1.52. The van der Waals surface area contributed by atoms with Gasteiger partial charge in [0.05, 0.1) is 11.3 Å². The lowest BCUT2D eigenvalue weighted by molar-refractivity contribution is -0.124. The molecule has 0 spiro atoms. The second kappa shape index (κ2) is 4.70. The summed E-state index contributed by atoms with van der Waals surface area (Å²) < 4.78 is 0. The van der Waals surface area contributed by atoms with Crippen LogP contribution >= 0.6 is 11.3 Å². The summed E-state index contributed by atoms with van der Waals surface area (Å²) in [7, 11) is 0. The van der Waals surface area contributed by atoms with Crippen LogP contribution in [0.3, 0.4) is 0 Å². The van der Waals surface area contributed by atoms with E-state index in [0.717, 1.165) is 48.4 Å². The average molecular weight is 288 g/mol. The number of aromatic nitrogens is 2. The number of nitrogens with one attached hydrogen (secondary N) is 1. The van der Waals surface area contributed by atoms with Gasteiger partial charge in [-0.1, -0.05) is 0 Å². The van der Waals surface area contributed by atoms with Crippen LogP contribution in [0, 0.1) is 5.92 Å². The Hall–Kier alpha value is -1.69. The summed E-state index contributed by atoms with van der Waals surface area (Å²) >= 11 is 1.63. The van der Waals surface area contributed by atoms with E-state index in [1.165, 1.54) is 0 Å². The van der Waals surface area contributed by atoms with Gasteiger partial charge in [-0.05, 0) is 30.7 Å². The maximum Gasteiger partial charge on any atom is 0.225 e. The number of carbonyl (C=O) groups is 1. The fourth-order valence-corrected chi connectivity index (χ4v) is 3.47. The molecule has 2 fully saturated rings. The third kappa shape index (κ3) is 2.14. The molecule has 1 N–H and O–H groups in total. The molecule has 1 aliphatic carbocycles. The summed E-state index contributed by atoms with van der Waals surface area (Å²) in [4.78, 5) is 24.0. The molecule has 2 aliphatic rings. The molecule has 1 atom stereocenters. The molecule has 1 saturated carbocycles. The van der Waals surface area contributed by atoms with Crippen molar-refractivity contribution in [2.45, 2.75) is 25.3 Å². The number of hydrogen-bond donors (Lipinski definition) is 1. The van der Waals surface area contributed by atoms with Crippen LogP contribution in [0.15, 0.2) is 17.8 Å². The van der Waals surface area contributed by atoms with E-state index in [1.807, 2.05) is 5.38 Å². The molecule has 1 unspecified atom stereocenters. The highest BCUT2D eigenvalue weighted by atomic mass is 32.1. The van der Waals surface area contributed by atoms with Gasteiger partial charge < -0.3 is 10.2 Å². The summed E-state index contributed by atoms with van der Waals surface area (Å²) in [5.74, 6) is 1.28. The van der Waals surface area contributed by atoms with Crippen LogP contribution in [0.4, 0.5) is 5.82 Å². The van der Waals surface area contributed by atoms with E-state index in [9.17, 15) is 4.79 Å². The van der Waals surface area contributed by atoms with Crippen molar-refractivity contribution in [3.05, 3.63) is 17.8 Å². The van der Waals surface area contributed by atoms with Gasteiger partial charge in [0.2, 0.25) is 5.91 Å². The van der Waals surface area contributed by atoms with Crippen molar-refractivity contribution >= 4 is 33.3 Å². The first-order valence-electron chi connectivity index (χ1n) is 7.05. The zero-order valence-corrected chi connectivity index (χ0v) is 11.9. The minimum Gasteiger partial charge on any atom is -0.355 e. The quantitative estimate of drug-likeness (QED) is 0.935. The predicted molar refractivity (Wildman–Crippen MR) is 78.9 cm³/mol. The van der Waals surface area contributed by atoms with Crippen LogP contribution in [-0.2, 0) is 4.79 Å². The highest BCUT2D eigenvalue weighted by molar-refractivity contribution is 7.16. The van der Waals surface area contributed by atoms with Gasteiger partial charge in [-0.2, -0.15) is 0 Å². The van der Waals surface area contributed by atoms with E-state index in [-0.39, 0.29) is 11.8 Å². The third-order valence-electron chi connectivity index (χ3n) is 4.02. The Morgan fingerprint density at radius 3 is 3.10 bits per heavy atom. The first-order valence-corrected chi connectivity index (χ1v) is 7.93. The molecule has 1 amide bonds. The van der Waals surface area contributed by atoms with E-state index in [0.29, 0.717) is 6.04 Å². The Morgan fingerprint density at radius 1 is 1.35 bits per heavy atom. The Kier molecular flexibility index (Phi) is 2.84. The van der Waals surface area contributed by atoms with E-state index >= 15 is 0 Å². The van der Waals surface area contributed by atoms with Gasteiger partial charge in [-0.3, -0.25) is 4.79 Å². The Bertz CT molecular complexity index is 651. The fourth-order valence-electron chi connectivity index (χ4n) is 2.74. The Labute approximate surface area is 121 Å². The van der Waals surface area contributed by atoms with Crippen molar-refractivity contribution in [2.24, 2.45) is 5.92 Å². The van der Waals surface area contributed by atoms with E-state index < -0.39 is 0 Å². The predicted octanol–water partition coefficient (Wildman–Crippen LogP) is 1.80. The number of carbonyl (C=O) groups excluding carboxylic acids is 1. The average Bonchev–Trinajstić information content (AvgIpc) is 2.97. The summed E-state index contributed by atoms with van der Waals surface area (Å²) in [5, 5.41) is 6.24. The molecular weight excluding hydrogens is 272 g/mol. The second-order valence-electron chi connectivity index (χ2n) is 5.55. The molecule has 0 bridgehead atoms. The smallest absolute Gasteiger partial charge is 0.225 e. The monoisotopic (exact) mass is 288 g/mol. The lowest BCUT2D eigenvalue weighted by Gasteiger charge is -2.18. The number of rotatable bonds is 3. The highest BCUT2D eigenvalue weighted by Crippen LogP contribution is 2.30. The molecule has 5 nitrogen and oxygen atoms in total. The molecule has 4 rings (SSSR count). The van der Waals surface area contributed by atoms with Gasteiger partial charge in [-0.15, -0.1) is 11.3 Å². The SMILES string of the molecule is O=C(NC1CC1)C1CCN(c2ncnc3sccc23)C1. The molecular formula is C14H16N4OS. The summed E-state index contributed by atoms with van der Waals surface area (Å²) in [6, 6.07) is 2.51. The van der Waals surface area contributed by atoms with Crippen molar-refractivity contribution in [1.82, 2.24) is 15.3 Å². The standard InChI is InChI=1S/C14H16N4OS/c19-13(17-10-1-2-10)9-3-5-18(7-9)12-11-4-6-20-14(11)16-8-15-12/h4,6,8-10H,1-3,5,7H2,(H,17,19). The van der Waals surface area contributed by atoms with Gasteiger partial charge in [0.15, 0.2) is 0 Å². The molecule has 1 aliphatic heterocycles. The topological polar surface area (TPSA) is 58.1 Å². The van der Waals surface area contributed by atoms with E-state index in [4.69, 9.17) is 0 Å². The molecule has 2 aromatic heterocycles. The minimum atomic E-state index is 0.0965. The van der Waals surface area contributed by atoms with Crippen molar-refractivity contribution in [1.29, 1.82) is 0 Å². The fraction of sp³-hybridized carbons (Fsp3) is 0.500. The van der Waals surface area contributed by atoms with E-state index in [1.54, 1.807) is 17.7 Å². The van der Waals surface area contributed by atoms with Crippen LogP contribution in [0.25, 0.3) is 10.2 Å². The molecule has 3 heterocycles. The van der Waals surface area contributed by atoms with Gasteiger partial charge in [0.25, 0.3) is 0 Å². The molecule has 0 aromatic carbocycles. The van der Waals surface area contributed by atoms with Crippen LogP contribution in [0.1, 0.15) is 19.3 Å². The van der Waals surface area contributed by atoms with Crippen molar-refractivity contribution in [3.8, 4) is 0 Å². The van der Waals surface area contributed by atoms with Gasteiger partial charge in [-0.25, -0.2) is 9.97 Å². The van der Waals surface area contributed by atoms with Crippen LogP contribution < -0.4 is 10.2 Å². The van der Waals surface area contributed by atoms with Gasteiger partial charge >= 0.3 is 0 Å². The van der Waals surface area contributed by atoms with Crippen LogP contribution in [-0.4, -0.2) is 35.0 Å². The number of hydrogen-bond acceptors (Lipinski definition) is 5. The first-order chi connectivity index (χ1) is 9.81. The van der Waals surface area contributed by atoms with Gasteiger partial charge in [0.1, 0.15) is 17.0 Å². The summed E-state index contributed by atoms with van der Waals surface area (Å²) in [6.07, 6.45) is 4.81. The minimum absolute atomic E-state index is 0.0965. The number of amides is 1. The normalized spacial score (nSPS) is 22.4. The first kappa shape index (κ1) is 12.1. The summed E-state index contributed by atoms with van der Waals surface area (Å²) in [6.45, 7) is 1.66. The molecule has 2 aromatic rings. The lowest BCUT2D eigenvalue weighted by atomic mass is 10.1.